The molecule has 8 nitrogen and oxygen atoms in total. The molecule has 2 aliphatic rings. The standard InChI is InChI=1S/C17H31N5O3/c1-17(2)14(11-7-8-25-15(11)17)20-16(18-9-12(23)21(3)4)19-10-13(24)22(5)6/h11,14-15H,7-10H2,1-6H3,(H2,18,19,20). The predicted octanol–water partition coefficient (Wildman–Crippen LogP) is -0.488. The van der Waals surface area contributed by atoms with Gasteiger partial charge in [-0.1, -0.05) is 13.8 Å². The fourth-order valence-electron chi connectivity index (χ4n) is 3.52. The van der Waals surface area contributed by atoms with E-state index in [1.807, 2.05) is 0 Å². The van der Waals surface area contributed by atoms with Crippen molar-refractivity contribution in [3.05, 3.63) is 0 Å². The summed E-state index contributed by atoms with van der Waals surface area (Å²) in [5.74, 6) is 0.795. The molecule has 25 heavy (non-hydrogen) atoms. The van der Waals surface area contributed by atoms with Gasteiger partial charge in [-0.3, -0.25) is 9.59 Å². The number of fused-ring (bicyclic) bond motifs is 1. The average Bonchev–Trinajstić information content (AvgIpc) is 3.00. The fourth-order valence-corrected chi connectivity index (χ4v) is 3.52. The highest BCUT2D eigenvalue weighted by Crippen LogP contribution is 2.52. The third-order valence-corrected chi connectivity index (χ3v) is 5.17. The third kappa shape index (κ3) is 4.23. The Balaban J connectivity index is 2.04. The van der Waals surface area contributed by atoms with E-state index in [2.05, 4.69) is 29.5 Å². The van der Waals surface area contributed by atoms with Gasteiger partial charge in [0.15, 0.2) is 5.96 Å². The zero-order valence-corrected chi connectivity index (χ0v) is 16.1. The van der Waals surface area contributed by atoms with Crippen LogP contribution < -0.4 is 10.6 Å². The molecule has 1 aliphatic carbocycles. The molecular weight excluding hydrogens is 322 g/mol. The largest absolute Gasteiger partial charge is 0.377 e. The molecular formula is C17H31N5O3. The summed E-state index contributed by atoms with van der Waals surface area (Å²) in [4.78, 5) is 31.1. The van der Waals surface area contributed by atoms with E-state index in [1.165, 1.54) is 9.80 Å². The molecule has 2 rings (SSSR count). The summed E-state index contributed by atoms with van der Waals surface area (Å²) >= 11 is 0. The Hall–Kier alpha value is -1.83. The quantitative estimate of drug-likeness (QED) is 0.515. The minimum atomic E-state index is -0.0880. The first-order valence-electron chi connectivity index (χ1n) is 8.71. The topological polar surface area (TPSA) is 86.3 Å². The molecule has 2 N–H and O–H groups in total. The Bertz CT molecular complexity index is 544. The number of hydrogen-bond acceptors (Lipinski definition) is 4. The highest BCUT2D eigenvalue weighted by molar-refractivity contribution is 5.88. The van der Waals surface area contributed by atoms with Gasteiger partial charge in [0.25, 0.3) is 0 Å². The number of carbonyl (C=O) groups excluding carboxylic acids is 2. The van der Waals surface area contributed by atoms with Crippen LogP contribution in [0.3, 0.4) is 0 Å². The SMILES string of the molecule is CN(C)C(=O)CN=C(NCC(=O)N(C)C)NC1C2CCOC2C1(C)C. The molecule has 142 valence electrons. The van der Waals surface area contributed by atoms with Gasteiger partial charge in [-0.15, -0.1) is 0 Å². The zero-order valence-electron chi connectivity index (χ0n) is 16.1. The minimum absolute atomic E-state index is 0.0132. The van der Waals surface area contributed by atoms with Gasteiger partial charge in [-0.25, -0.2) is 4.99 Å². The molecule has 1 heterocycles. The molecule has 3 unspecified atom stereocenters. The van der Waals surface area contributed by atoms with Crippen molar-refractivity contribution in [2.24, 2.45) is 16.3 Å². The van der Waals surface area contributed by atoms with Crippen molar-refractivity contribution in [1.82, 2.24) is 20.4 Å². The van der Waals surface area contributed by atoms with E-state index < -0.39 is 0 Å². The first kappa shape index (κ1) is 19.5. The molecule has 2 amide bonds. The lowest BCUT2D eigenvalue weighted by atomic mass is 9.57. The molecule has 0 aromatic carbocycles. The fraction of sp³-hybridized carbons (Fsp3) is 0.824. The summed E-state index contributed by atoms with van der Waals surface area (Å²) in [6.45, 7) is 5.30. The molecule has 1 saturated carbocycles. The number of ether oxygens (including phenoxy) is 1. The van der Waals surface area contributed by atoms with Crippen LogP contribution in [0.25, 0.3) is 0 Å². The maximum absolute atomic E-state index is 11.9. The van der Waals surface area contributed by atoms with Crippen LogP contribution in [-0.2, 0) is 14.3 Å². The first-order valence-corrected chi connectivity index (χ1v) is 8.71. The molecule has 3 atom stereocenters. The summed E-state index contributed by atoms with van der Waals surface area (Å²) < 4.78 is 5.82. The van der Waals surface area contributed by atoms with Gasteiger partial charge in [0.2, 0.25) is 11.8 Å². The van der Waals surface area contributed by atoms with E-state index in [1.54, 1.807) is 28.2 Å². The van der Waals surface area contributed by atoms with Crippen molar-refractivity contribution in [2.75, 3.05) is 47.9 Å². The number of rotatable bonds is 5. The molecule has 0 aromatic rings. The van der Waals surface area contributed by atoms with E-state index in [0.717, 1.165) is 13.0 Å². The number of aliphatic imine (C=N–C) groups is 1. The lowest BCUT2D eigenvalue weighted by Crippen LogP contribution is -2.68. The van der Waals surface area contributed by atoms with Crippen LogP contribution in [0.5, 0.6) is 0 Å². The third-order valence-electron chi connectivity index (χ3n) is 5.17. The number of carbonyl (C=O) groups is 2. The van der Waals surface area contributed by atoms with Crippen LogP contribution >= 0.6 is 0 Å². The van der Waals surface area contributed by atoms with Gasteiger partial charge >= 0.3 is 0 Å². The van der Waals surface area contributed by atoms with E-state index >= 15 is 0 Å². The predicted molar refractivity (Wildman–Crippen MR) is 96.2 cm³/mol. The summed E-state index contributed by atoms with van der Waals surface area (Å²) in [6.07, 6.45) is 1.28. The van der Waals surface area contributed by atoms with E-state index in [-0.39, 0.29) is 42.5 Å². The maximum Gasteiger partial charge on any atom is 0.243 e. The molecule has 8 heteroatoms. The Kier molecular flexibility index (Phi) is 5.92. The van der Waals surface area contributed by atoms with Crippen LogP contribution in [0.4, 0.5) is 0 Å². The van der Waals surface area contributed by atoms with E-state index in [9.17, 15) is 9.59 Å². The Morgan fingerprint density at radius 3 is 2.40 bits per heavy atom. The van der Waals surface area contributed by atoms with Crippen molar-refractivity contribution in [2.45, 2.75) is 32.4 Å². The zero-order chi connectivity index (χ0) is 18.8. The van der Waals surface area contributed by atoms with Gasteiger partial charge in [0.1, 0.15) is 6.54 Å². The molecule has 1 saturated heterocycles. The van der Waals surface area contributed by atoms with Crippen LogP contribution in [0.2, 0.25) is 0 Å². The second-order valence-corrected chi connectivity index (χ2v) is 7.78. The number of hydrogen-bond donors (Lipinski definition) is 2. The first-order chi connectivity index (χ1) is 11.6. The summed E-state index contributed by atoms with van der Waals surface area (Å²) in [6, 6.07) is 0.204. The van der Waals surface area contributed by atoms with Gasteiger partial charge in [0.05, 0.1) is 12.6 Å². The monoisotopic (exact) mass is 353 g/mol. The van der Waals surface area contributed by atoms with Crippen LogP contribution in [0.15, 0.2) is 4.99 Å². The van der Waals surface area contributed by atoms with Gasteiger partial charge < -0.3 is 25.2 Å². The summed E-state index contributed by atoms with van der Waals surface area (Å²) in [7, 11) is 6.81. The van der Waals surface area contributed by atoms with Crippen molar-refractivity contribution < 1.29 is 14.3 Å². The summed E-state index contributed by atoms with van der Waals surface area (Å²) in [5.41, 5.74) is -0.0132. The Morgan fingerprint density at radius 1 is 1.16 bits per heavy atom. The Labute approximate surface area is 150 Å². The number of likely N-dealkylation sites (N-methyl/N-ethyl adjacent to an activating group) is 2. The molecule has 0 radical (unpaired) electrons. The molecule has 0 aromatic heterocycles. The number of nitrogens with zero attached hydrogens (tertiary/aromatic N) is 3. The smallest absolute Gasteiger partial charge is 0.243 e. The van der Waals surface area contributed by atoms with Crippen molar-refractivity contribution in [1.29, 1.82) is 0 Å². The molecule has 0 bridgehead atoms. The number of amides is 2. The lowest BCUT2D eigenvalue weighted by Gasteiger charge is -2.54. The highest BCUT2D eigenvalue weighted by Gasteiger charge is 2.59. The normalized spacial score (nSPS) is 27.1. The second kappa shape index (κ2) is 7.59. The van der Waals surface area contributed by atoms with Gasteiger partial charge in [0, 0.05) is 52.2 Å². The second-order valence-electron chi connectivity index (χ2n) is 7.78. The Morgan fingerprint density at radius 2 is 1.80 bits per heavy atom. The van der Waals surface area contributed by atoms with Gasteiger partial charge in [-0.2, -0.15) is 0 Å². The van der Waals surface area contributed by atoms with Crippen LogP contribution in [-0.4, -0.2) is 87.6 Å². The van der Waals surface area contributed by atoms with Crippen molar-refractivity contribution >= 4 is 17.8 Å². The number of nitrogens with one attached hydrogen (secondary N) is 2. The van der Waals surface area contributed by atoms with Crippen molar-refractivity contribution in [3.8, 4) is 0 Å². The lowest BCUT2D eigenvalue weighted by molar-refractivity contribution is -0.127. The maximum atomic E-state index is 11.9. The minimum Gasteiger partial charge on any atom is -0.377 e. The average molecular weight is 353 g/mol. The van der Waals surface area contributed by atoms with Crippen LogP contribution in [0.1, 0.15) is 20.3 Å². The van der Waals surface area contributed by atoms with Gasteiger partial charge in [-0.05, 0) is 6.42 Å². The van der Waals surface area contributed by atoms with Crippen molar-refractivity contribution in [3.63, 3.8) is 0 Å². The summed E-state index contributed by atoms with van der Waals surface area (Å²) in [5, 5.41) is 6.47. The van der Waals surface area contributed by atoms with E-state index in [4.69, 9.17) is 4.74 Å². The highest BCUT2D eigenvalue weighted by atomic mass is 16.5. The number of guanidine groups is 1. The molecule has 2 fully saturated rings. The van der Waals surface area contributed by atoms with E-state index in [0.29, 0.717) is 11.9 Å². The molecule has 1 aliphatic heterocycles. The molecule has 0 spiro atoms. The van der Waals surface area contributed by atoms with Crippen LogP contribution in [0, 0.1) is 11.3 Å².